The van der Waals surface area contributed by atoms with Gasteiger partial charge in [-0.1, -0.05) is 56.3 Å². The van der Waals surface area contributed by atoms with Gasteiger partial charge in [-0.15, -0.1) is 0 Å². The highest BCUT2D eigenvalue weighted by atomic mass is 16.5. The number of hydrogen-bond donors (Lipinski definition) is 2. The highest BCUT2D eigenvalue weighted by Gasteiger charge is 2.23. The minimum Gasteiger partial charge on any atom is -0.494 e. The third kappa shape index (κ3) is 4.54. The lowest BCUT2D eigenvalue weighted by atomic mass is 9.95. The first-order valence-corrected chi connectivity index (χ1v) is 12.6. The SMILES string of the molecule is COc1cc(C(N)=O)ccc1-n1nc(-c2cccc3nn(CC(O)c4ccccc4)cc23)c(C(C)C)c1C. The van der Waals surface area contributed by atoms with E-state index >= 15 is 0 Å². The quantitative estimate of drug-likeness (QED) is 0.300. The van der Waals surface area contributed by atoms with Gasteiger partial charge in [0.25, 0.3) is 0 Å². The number of methoxy groups -OCH3 is 1. The van der Waals surface area contributed by atoms with Gasteiger partial charge in [0.05, 0.1) is 31.0 Å². The largest absolute Gasteiger partial charge is 0.494 e. The van der Waals surface area contributed by atoms with Gasteiger partial charge in [-0.05, 0) is 42.7 Å². The molecule has 0 fully saturated rings. The number of amides is 1. The maximum atomic E-state index is 11.7. The first-order valence-electron chi connectivity index (χ1n) is 12.6. The minimum absolute atomic E-state index is 0.194. The van der Waals surface area contributed by atoms with Crippen molar-refractivity contribution in [2.75, 3.05) is 7.11 Å². The number of nitrogens with two attached hydrogens (primary N) is 1. The maximum Gasteiger partial charge on any atom is 0.248 e. The van der Waals surface area contributed by atoms with E-state index < -0.39 is 12.0 Å². The van der Waals surface area contributed by atoms with Gasteiger partial charge in [0.2, 0.25) is 5.91 Å². The maximum absolute atomic E-state index is 11.7. The van der Waals surface area contributed by atoms with Crippen LogP contribution >= 0.6 is 0 Å². The molecule has 5 aromatic rings. The van der Waals surface area contributed by atoms with E-state index in [0.717, 1.165) is 44.7 Å². The Morgan fingerprint density at radius 2 is 1.82 bits per heavy atom. The molecule has 38 heavy (non-hydrogen) atoms. The van der Waals surface area contributed by atoms with Crippen LogP contribution in [0.25, 0.3) is 27.8 Å². The van der Waals surface area contributed by atoms with Crippen LogP contribution in [0.5, 0.6) is 5.75 Å². The number of hydrogen-bond acceptors (Lipinski definition) is 5. The van der Waals surface area contributed by atoms with Crippen LogP contribution in [-0.2, 0) is 6.54 Å². The molecule has 0 aliphatic carbocycles. The zero-order valence-corrected chi connectivity index (χ0v) is 21.9. The Kier molecular flexibility index (Phi) is 6.73. The van der Waals surface area contributed by atoms with Crippen molar-refractivity contribution < 1.29 is 14.6 Å². The second kappa shape index (κ2) is 10.1. The minimum atomic E-state index is -0.669. The number of nitrogens with zero attached hydrogens (tertiary/aromatic N) is 4. The second-order valence-corrected chi connectivity index (χ2v) is 9.68. The lowest BCUT2D eigenvalue weighted by Crippen LogP contribution is -2.12. The average molecular weight is 510 g/mol. The van der Waals surface area contributed by atoms with Crippen LogP contribution in [0.2, 0.25) is 0 Å². The number of carbonyl (C=O) groups is 1. The predicted molar refractivity (Wildman–Crippen MR) is 148 cm³/mol. The van der Waals surface area contributed by atoms with E-state index in [0.29, 0.717) is 17.9 Å². The number of carbonyl (C=O) groups excluding carboxylic acids is 1. The van der Waals surface area contributed by atoms with Gasteiger partial charge in [-0.2, -0.15) is 10.2 Å². The summed E-state index contributed by atoms with van der Waals surface area (Å²) in [6, 6.07) is 20.7. The molecule has 0 saturated heterocycles. The molecular formula is C30H31N5O3. The van der Waals surface area contributed by atoms with E-state index in [1.807, 2.05) is 66.3 Å². The molecule has 8 heteroatoms. The molecule has 1 unspecified atom stereocenters. The molecule has 8 nitrogen and oxygen atoms in total. The molecule has 3 aromatic carbocycles. The molecule has 0 saturated carbocycles. The average Bonchev–Trinajstić information content (AvgIpc) is 3.48. The van der Waals surface area contributed by atoms with Crippen LogP contribution < -0.4 is 10.5 Å². The lowest BCUT2D eigenvalue weighted by Gasteiger charge is -2.12. The topological polar surface area (TPSA) is 108 Å². The number of ether oxygens (including phenoxy) is 1. The summed E-state index contributed by atoms with van der Waals surface area (Å²) in [7, 11) is 1.56. The van der Waals surface area contributed by atoms with E-state index in [1.54, 1.807) is 30.0 Å². The molecule has 1 atom stereocenters. The van der Waals surface area contributed by atoms with E-state index in [4.69, 9.17) is 20.7 Å². The summed E-state index contributed by atoms with van der Waals surface area (Å²) in [6.45, 7) is 6.66. The van der Waals surface area contributed by atoms with Crippen LogP contribution in [-0.4, -0.2) is 37.7 Å². The molecule has 0 spiro atoms. The van der Waals surface area contributed by atoms with Crippen molar-refractivity contribution in [1.29, 1.82) is 0 Å². The number of aliphatic hydroxyl groups is 1. The normalized spacial score (nSPS) is 12.3. The smallest absolute Gasteiger partial charge is 0.248 e. The van der Waals surface area contributed by atoms with Gasteiger partial charge < -0.3 is 15.6 Å². The second-order valence-electron chi connectivity index (χ2n) is 9.68. The van der Waals surface area contributed by atoms with Crippen molar-refractivity contribution in [3.05, 3.63) is 95.3 Å². The number of aromatic nitrogens is 4. The van der Waals surface area contributed by atoms with Gasteiger partial charge in [0, 0.05) is 34.0 Å². The zero-order chi connectivity index (χ0) is 27.0. The fraction of sp³-hybridized carbons (Fsp3) is 0.233. The fourth-order valence-electron chi connectivity index (χ4n) is 4.99. The lowest BCUT2D eigenvalue weighted by molar-refractivity contribution is 0.1000. The van der Waals surface area contributed by atoms with Crippen molar-refractivity contribution in [2.45, 2.75) is 39.3 Å². The van der Waals surface area contributed by atoms with Crippen molar-refractivity contribution in [2.24, 2.45) is 5.73 Å². The van der Waals surface area contributed by atoms with Crippen molar-refractivity contribution >= 4 is 16.8 Å². The summed E-state index contributed by atoms with van der Waals surface area (Å²) >= 11 is 0. The number of rotatable bonds is 8. The molecule has 5 rings (SSSR count). The van der Waals surface area contributed by atoms with Crippen molar-refractivity contribution in [3.63, 3.8) is 0 Å². The van der Waals surface area contributed by atoms with Crippen molar-refractivity contribution in [3.8, 4) is 22.7 Å². The van der Waals surface area contributed by atoms with Gasteiger partial charge in [0.15, 0.2) is 0 Å². The molecule has 2 heterocycles. The summed E-state index contributed by atoms with van der Waals surface area (Å²) in [5.41, 5.74) is 12.1. The molecule has 0 aliphatic heterocycles. The zero-order valence-electron chi connectivity index (χ0n) is 21.9. The fourth-order valence-corrected chi connectivity index (χ4v) is 4.99. The van der Waals surface area contributed by atoms with E-state index in [9.17, 15) is 9.90 Å². The molecule has 2 aromatic heterocycles. The summed E-state index contributed by atoms with van der Waals surface area (Å²) in [5, 5.41) is 21.5. The summed E-state index contributed by atoms with van der Waals surface area (Å²) < 4.78 is 9.25. The number of primary amides is 1. The Morgan fingerprint density at radius 3 is 2.50 bits per heavy atom. The Balaban J connectivity index is 1.61. The van der Waals surface area contributed by atoms with Gasteiger partial charge in [-0.3, -0.25) is 9.48 Å². The monoisotopic (exact) mass is 509 g/mol. The Labute approximate surface area is 221 Å². The van der Waals surface area contributed by atoms with Crippen LogP contribution in [0.3, 0.4) is 0 Å². The first kappa shape index (κ1) is 25.2. The van der Waals surface area contributed by atoms with E-state index in [2.05, 4.69) is 13.8 Å². The third-order valence-electron chi connectivity index (χ3n) is 6.83. The van der Waals surface area contributed by atoms with Crippen molar-refractivity contribution in [1.82, 2.24) is 19.6 Å². The first-order chi connectivity index (χ1) is 18.3. The third-order valence-corrected chi connectivity index (χ3v) is 6.83. The Morgan fingerprint density at radius 1 is 1.05 bits per heavy atom. The van der Waals surface area contributed by atoms with E-state index in [-0.39, 0.29) is 5.92 Å². The van der Waals surface area contributed by atoms with Crippen LogP contribution in [0, 0.1) is 6.92 Å². The molecule has 1 amide bonds. The number of aliphatic hydroxyl groups excluding tert-OH is 1. The standard InChI is InChI=1S/C30H31N5O3/c1-18(2)28-19(3)35(25-14-13-21(30(31)37)15-27(25)38-4)33-29(28)22-11-8-12-24-23(22)16-34(32-24)17-26(36)20-9-6-5-7-10-20/h5-16,18,26,36H,17H2,1-4H3,(H2,31,37). The Bertz CT molecular complexity index is 1620. The molecule has 0 aliphatic rings. The molecular weight excluding hydrogens is 478 g/mol. The van der Waals surface area contributed by atoms with Gasteiger partial charge in [-0.25, -0.2) is 4.68 Å². The highest BCUT2D eigenvalue weighted by Crippen LogP contribution is 2.37. The number of fused-ring (bicyclic) bond motifs is 1. The highest BCUT2D eigenvalue weighted by molar-refractivity contribution is 5.95. The summed E-state index contributed by atoms with van der Waals surface area (Å²) in [4.78, 5) is 11.7. The van der Waals surface area contributed by atoms with Crippen LogP contribution in [0.4, 0.5) is 0 Å². The Hall–Kier alpha value is -4.43. The van der Waals surface area contributed by atoms with Crippen LogP contribution in [0.1, 0.15) is 53.0 Å². The molecule has 0 radical (unpaired) electrons. The summed E-state index contributed by atoms with van der Waals surface area (Å²) in [6.07, 6.45) is 1.30. The molecule has 194 valence electrons. The number of benzene rings is 3. The predicted octanol–water partition coefficient (Wildman–Crippen LogP) is 5.16. The van der Waals surface area contributed by atoms with E-state index in [1.165, 1.54) is 0 Å². The van der Waals surface area contributed by atoms with Gasteiger partial charge >= 0.3 is 0 Å². The van der Waals surface area contributed by atoms with Gasteiger partial charge in [0.1, 0.15) is 11.4 Å². The van der Waals surface area contributed by atoms with Crippen LogP contribution in [0.15, 0.2) is 72.9 Å². The molecule has 3 N–H and O–H groups in total. The summed E-state index contributed by atoms with van der Waals surface area (Å²) in [5.74, 6) is 0.186. The molecule has 0 bridgehead atoms.